The Morgan fingerprint density at radius 2 is 2.00 bits per heavy atom. The molecule has 0 radical (unpaired) electrons. The van der Waals surface area contributed by atoms with Crippen LogP contribution in [0.2, 0.25) is 0 Å². The Kier molecular flexibility index (Phi) is 3.72. The molecular formula is C16H16FN9. The lowest BCUT2D eigenvalue weighted by Crippen LogP contribution is -2.05. The molecule has 0 amide bonds. The fourth-order valence-electron chi connectivity index (χ4n) is 2.79. The highest BCUT2D eigenvalue weighted by Crippen LogP contribution is 2.33. The van der Waals surface area contributed by atoms with E-state index >= 15 is 0 Å². The van der Waals surface area contributed by atoms with Crippen molar-refractivity contribution in [3.63, 3.8) is 0 Å². The molecule has 9 nitrogen and oxygen atoms in total. The quantitative estimate of drug-likeness (QED) is 0.513. The first-order valence-electron chi connectivity index (χ1n) is 7.88. The largest absolute Gasteiger partial charge is 0.368 e. The molecule has 4 rings (SSSR count). The molecule has 26 heavy (non-hydrogen) atoms. The summed E-state index contributed by atoms with van der Waals surface area (Å²) in [6.45, 7) is 1.93. The molecule has 10 heteroatoms. The van der Waals surface area contributed by atoms with Gasteiger partial charge in [0.1, 0.15) is 23.1 Å². The van der Waals surface area contributed by atoms with Crippen LogP contribution in [0.1, 0.15) is 24.2 Å². The van der Waals surface area contributed by atoms with Crippen molar-refractivity contribution in [2.24, 2.45) is 7.05 Å². The van der Waals surface area contributed by atoms with Crippen LogP contribution in [0.25, 0.3) is 11.0 Å². The number of hydrogen-bond acceptors (Lipinski definition) is 7. The number of aryl methyl sites for hydroxylation is 1. The number of nitrogens with zero attached hydrogens (tertiary/aromatic N) is 6. The third-order valence-electron chi connectivity index (χ3n) is 4.02. The minimum Gasteiger partial charge on any atom is -0.368 e. The SMILES string of the molecule is C[C@H](c1ncc(F)cn1)c1c[nH]c2nc(N)nc(Nc3cn(C)cn3)c12. The molecule has 0 aromatic carbocycles. The summed E-state index contributed by atoms with van der Waals surface area (Å²) < 4.78 is 14.9. The van der Waals surface area contributed by atoms with Gasteiger partial charge < -0.3 is 20.6 Å². The first-order valence-corrected chi connectivity index (χ1v) is 7.88. The second kappa shape index (κ2) is 6.06. The second-order valence-electron chi connectivity index (χ2n) is 5.93. The van der Waals surface area contributed by atoms with E-state index in [0.717, 1.165) is 23.3 Å². The summed E-state index contributed by atoms with van der Waals surface area (Å²) >= 11 is 0. The molecule has 4 N–H and O–H groups in total. The minimum atomic E-state index is -0.478. The van der Waals surface area contributed by atoms with Gasteiger partial charge in [-0.25, -0.2) is 19.3 Å². The van der Waals surface area contributed by atoms with Crippen molar-refractivity contribution < 1.29 is 4.39 Å². The van der Waals surface area contributed by atoms with Gasteiger partial charge in [-0.2, -0.15) is 9.97 Å². The Labute approximate surface area is 147 Å². The molecule has 4 aromatic heterocycles. The first kappa shape index (κ1) is 15.9. The number of H-pyrrole nitrogens is 1. The molecule has 4 aromatic rings. The molecular weight excluding hydrogens is 337 g/mol. The molecule has 0 bridgehead atoms. The van der Waals surface area contributed by atoms with Crippen molar-refractivity contribution in [2.45, 2.75) is 12.8 Å². The van der Waals surface area contributed by atoms with E-state index in [0.29, 0.717) is 23.1 Å². The zero-order chi connectivity index (χ0) is 18.3. The van der Waals surface area contributed by atoms with Gasteiger partial charge in [0.2, 0.25) is 5.95 Å². The van der Waals surface area contributed by atoms with Crippen LogP contribution in [0.3, 0.4) is 0 Å². The van der Waals surface area contributed by atoms with Crippen LogP contribution in [-0.2, 0) is 7.05 Å². The third kappa shape index (κ3) is 2.81. The number of rotatable bonds is 4. The Hall–Kier alpha value is -3.56. The van der Waals surface area contributed by atoms with Crippen LogP contribution in [0, 0.1) is 5.82 Å². The number of nitrogens with two attached hydrogens (primary N) is 1. The lowest BCUT2D eigenvalue weighted by Gasteiger charge is -2.11. The van der Waals surface area contributed by atoms with Crippen molar-refractivity contribution in [1.82, 2.24) is 34.5 Å². The van der Waals surface area contributed by atoms with E-state index < -0.39 is 5.82 Å². The highest BCUT2D eigenvalue weighted by molar-refractivity contribution is 5.93. The van der Waals surface area contributed by atoms with E-state index in [1.807, 2.05) is 24.7 Å². The molecule has 0 saturated heterocycles. The Balaban J connectivity index is 1.81. The van der Waals surface area contributed by atoms with Gasteiger partial charge in [-0.1, -0.05) is 6.92 Å². The van der Waals surface area contributed by atoms with Crippen LogP contribution in [0.4, 0.5) is 22.0 Å². The van der Waals surface area contributed by atoms with Crippen LogP contribution in [0.15, 0.2) is 31.1 Å². The molecule has 0 aliphatic rings. The number of anilines is 3. The number of fused-ring (bicyclic) bond motifs is 1. The maximum absolute atomic E-state index is 13.1. The van der Waals surface area contributed by atoms with Crippen LogP contribution >= 0.6 is 0 Å². The summed E-state index contributed by atoms with van der Waals surface area (Å²) in [5.74, 6) is 1.10. The van der Waals surface area contributed by atoms with E-state index in [1.165, 1.54) is 0 Å². The van der Waals surface area contributed by atoms with E-state index in [-0.39, 0.29) is 11.9 Å². The summed E-state index contributed by atoms with van der Waals surface area (Å²) in [6.07, 6.45) is 7.60. The molecule has 0 unspecified atom stereocenters. The topological polar surface area (TPSA) is 123 Å². The second-order valence-corrected chi connectivity index (χ2v) is 5.93. The van der Waals surface area contributed by atoms with Gasteiger partial charge in [0, 0.05) is 25.4 Å². The van der Waals surface area contributed by atoms with E-state index in [4.69, 9.17) is 5.73 Å². The number of halogens is 1. The van der Waals surface area contributed by atoms with Gasteiger partial charge in [-0.15, -0.1) is 0 Å². The average Bonchev–Trinajstić information content (AvgIpc) is 3.21. The number of nitrogens with one attached hydrogen (secondary N) is 2. The summed E-state index contributed by atoms with van der Waals surface area (Å²) in [4.78, 5) is 24.0. The Bertz CT molecular complexity index is 1070. The maximum atomic E-state index is 13.1. The van der Waals surface area contributed by atoms with Crippen molar-refractivity contribution in [2.75, 3.05) is 11.1 Å². The first-order chi connectivity index (χ1) is 12.5. The number of imidazole rings is 1. The van der Waals surface area contributed by atoms with Crippen LogP contribution in [-0.4, -0.2) is 34.5 Å². The third-order valence-corrected chi connectivity index (χ3v) is 4.02. The van der Waals surface area contributed by atoms with Gasteiger partial charge >= 0.3 is 0 Å². The lowest BCUT2D eigenvalue weighted by atomic mass is 10.0. The average molecular weight is 353 g/mol. The lowest BCUT2D eigenvalue weighted by molar-refractivity contribution is 0.606. The number of hydrogen-bond donors (Lipinski definition) is 3. The number of nitrogen functional groups attached to an aromatic ring is 1. The minimum absolute atomic E-state index is 0.134. The summed E-state index contributed by atoms with van der Waals surface area (Å²) in [7, 11) is 1.87. The predicted molar refractivity (Wildman–Crippen MR) is 94.3 cm³/mol. The molecule has 1 atom stereocenters. The van der Waals surface area contributed by atoms with Crippen molar-refractivity contribution >= 4 is 28.6 Å². The molecule has 0 saturated carbocycles. The molecule has 0 spiro atoms. The monoisotopic (exact) mass is 353 g/mol. The molecule has 4 heterocycles. The number of aromatic nitrogens is 7. The van der Waals surface area contributed by atoms with Gasteiger partial charge in [0.05, 0.1) is 24.1 Å². The molecule has 132 valence electrons. The fourth-order valence-corrected chi connectivity index (χ4v) is 2.79. The van der Waals surface area contributed by atoms with Crippen LogP contribution in [0.5, 0.6) is 0 Å². The van der Waals surface area contributed by atoms with Crippen LogP contribution < -0.4 is 11.1 Å². The van der Waals surface area contributed by atoms with Crippen molar-refractivity contribution in [1.29, 1.82) is 0 Å². The van der Waals surface area contributed by atoms with Gasteiger partial charge in [-0.3, -0.25) is 0 Å². The standard InChI is InChI=1S/C16H16FN9/c1-8(13-19-3-9(17)4-20-13)10-5-21-14-12(10)15(25-16(18)24-14)23-11-6-26(2)7-22-11/h3-8H,1-2H3,(H4,18,21,23,24,25)/t8-/m0/s1. The molecule has 0 aliphatic heterocycles. The van der Waals surface area contributed by atoms with Gasteiger partial charge in [0.15, 0.2) is 5.82 Å². The van der Waals surface area contributed by atoms with Gasteiger partial charge in [0.25, 0.3) is 0 Å². The highest BCUT2D eigenvalue weighted by Gasteiger charge is 2.21. The fraction of sp³-hybridized carbons (Fsp3) is 0.188. The Morgan fingerprint density at radius 3 is 2.69 bits per heavy atom. The summed E-state index contributed by atoms with van der Waals surface area (Å²) in [6, 6.07) is 0. The highest BCUT2D eigenvalue weighted by atomic mass is 19.1. The van der Waals surface area contributed by atoms with E-state index in [1.54, 1.807) is 12.5 Å². The molecule has 0 fully saturated rings. The normalized spacial score (nSPS) is 12.4. The zero-order valence-corrected chi connectivity index (χ0v) is 14.1. The molecule has 0 aliphatic carbocycles. The summed E-state index contributed by atoms with van der Waals surface area (Å²) in [5, 5.41) is 3.92. The zero-order valence-electron chi connectivity index (χ0n) is 14.1. The predicted octanol–water partition coefficient (Wildman–Crippen LogP) is 2.10. The van der Waals surface area contributed by atoms with E-state index in [2.05, 4.69) is 35.2 Å². The summed E-state index contributed by atoms with van der Waals surface area (Å²) in [5.41, 5.74) is 7.27. The number of aromatic amines is 1. The maximum Gasteiger partial charge on any atom is 0.224 e. The van der Waals surface area contributed by atoms with Crippen molar-refractivity contribution in [3.05, 3.63) is 48.3 Å². The smallest absolute Gasteiger partial charge is 0.224 e. The van der Waals surface area contributed by atoms with Crippen molar-refractivity contribution in [3.8, 4) is 0 Å². The Morgan fingerprint density at radius 1 is 1.23 bits per heavy atom. The van der Waals surface area contributed by atoms with Gasteiger partial charge in [-0.05, 0) is 5.56 Å². The van der Waals surface area contributed by atoms with E-state index in [9.17, 15) is 4.39 Å².